The summed E-state index contributed by atoms with van der Waals surface area (Å²) in [7, 11) is 2.02. The SMILES string of the molecule is CC(=O)N[C@@H]1CN(Cc2nccn2C)C[C@H]1c1ccc(C)cc1. The lowest BCUT2D eigenvalue weighted by Gasteiger charge is -2.19. The van der Waals surface area contributed by atoms with Crippen LogP contribution in [0.1, 0.15) is 29.8 Å². The molecule has 0 saturated carbocycles. The molecule has 2 atom stereocenters. The van der Waals surface area contributed by atoms with Gasteiger partial charge in [0.1, 0.15) is 5.82 Å². The van der Waals surface area contributed by atoms with Gasteiger partial charge in [0, 0.05) is 51.4 Å². The van der Waals surface area contributed by atoms with Crippen LogP contribution >= 0.6 is 0 Å². The summed E-state index contributed by atoms with van der Waals surface area (Å²) in [6.45, 7) is 6.28. The van der Waals surface area contributed by atoms with E-state index < -0.39 is 0 Å². The fourth-order valence-electron chi connectivity index (χ4n) is 3.32. The predicted octanol–water partition coefficient (Wildman–Crippen LogP) is 1.83. The van der Waals surface area contributed by atoms with E-state index in [1.807, 2.05) is 24.0 Å². The molecule has 1 saturated heterocycles. The molecular formula is C18H24N4O. The summed E-state index contributed by atoms with van der Waals surface area (Å²) in [5.74, 6) is 1.40. The molecule has 1 aliphatic rings. The van der Waals surface area contributed by atoms with Gasteiger partial charge in [-0.05, 0) is 12.5 Å². The van der Waals surface area contributed by atoms with Crippen LogP contribution in [0.2, 0.25) is 0 Å². The molecule has 23 heavy (non-hydrogen) atoms. The number of benzene rings is 1. The maximum Gasteiger partial charge on any atom is 0.217 e. The number of hydrogen-bond acceptors (Lipinski definition) is 3. The van der Waals surface area contributed by atoms with Crippen LogP contribution in [0.5, 0.6) is 0 Å². The zero-order valence-corrected chi connectivity index (χ0v) is 14.0. The first-order chi connectivity index (χ1) is 11.0. The van der Waals surface area contributed by atoms with Gasteiger partial charge in [0.05, 0.1) is 6.54 Å². The number of hydrogen-bond donors (Lipinski definition) is 1. The minimum Gasteiger partial charge on any atom is -0.352 e. The molecular weight excluding hydrogens is 288 g/mol. The third-order valence-corrected chi connectivity index (χ3v) is 4.58. The third kappa shape index (κ3) is 3.62. The first-order valence-corrected chi connectivity index (χ1v) is 8.05. The van der Waals surface area contributed by atoms with Gasteiger partial charge in [-0.2, -0.15) is 0 Å². The van der Waals surface area contributed by atoms with Crippen LogP contribution in [-0.4, -0.2) is 39.5 Å². The Balaban J connectivity index is 1.77. The number of likely N-dealkylation sites (tertiary alicyclic amines) is 1. The second kappa shape index (κ2) is 6.54. The summed E-state index contributed by atoms with van der Waals surface area (Å²) in [5.41, 5.74) is 2.55. The number of rotatable bonds is 4. The van der Waals surface area contributed by atoms with E-state index in [1.165, 1.54) is 11.1 Å². The fourth-order valence-corrected chi connectivity index (χ4v) is 3.32. The third-order valence-electron chi connectivity index (χ3n) is 4.58. The quantitative estimate of drug-likeness (QED) is 0.937. The summed E-state index contributed by atoms with van der Waals surface area (Å²) in [6, 6.07) is 8.79. The van der Waals surface area contributed by atoms with Crippen molar-refractivity contribution in [2.24, 2.45) is 7.05 Å². The number of aryl methyl sites for hydroxylation is 2. The molecule has 3 rings (SSSR count). The number of imidazole rings is 1. The monoisotopic (exact) mass is 312 g/mol. The van der Waals surface area contributed by atoms with Crippen molar-refractivity contribution in [3.8, 4) is 0 Å². The summed E-state index contributed by atoms with van der Waals surface area (Å²) in [5, 5.41) is 3.12. The van der Waals surface area contributed by atoms with Crippen LogP contribution in [0.15, 0.2) is 36.7 Å². The van der Waals surface area contributed by atoms with Gasteiger partial charge in [-0.1, -0.05) is 29.8 Å². The number of aromatic nitrogens is 2. The largest absolute Gasteiger partial charge is 0.352 e. The van der Waals surface area contributed by atoms with E-state index in [1.54, 1.807) is 6.92 Å². The standard InChI is InChI=1S/C18H24N4O/c1-13-4-6-15(7-5-13)16-10-22(11-17(16)20-14(2)23)12-18-19-8-9-21(18)3/h4-9,16-17H,10-12H2,1-3H3,(H,20,23)/t16-,17+/m0/s1. The Morgan fingerprint density at radius 2 is 2.04 bits per heavy atom. The summed E-state index contributed by atoms with van der Waals surface area (Å²) in [6.07, 6.45) is 3.79. The number of nitrogens with one attached hydrogen (secondary N) is 1. The van der Waals surface area contributed by atoms with Gasteiger partial charge in [-0.3, -0.25) is 9.69 Å². The average molecular weight is 312 g/mol. The normalized spacial score (nSPS) is 21.5. The highest BCUT2D eigenvalue weighted by Gasteiger charge is 2.34. The van der Waals surface area contributed by atoms with Gasteiger partial charge in [0.25, 0.3) is 0 Å². The van der Waals surface area contributed by atoms with Gasteiger partial charge in [-0.25, -0.2) is 4.98 Å². The first kappa shape index (κ1) is 15.7. The molecule has 0 radical (unpaired) electrons. The van der Waals surface area contributed by atoms with Gasteiger partial charge < -0.3 is 9.88 Å². The molecule has 122 valence electrons. The topological polar surface area (TPSA) is 50.2 Å². The molecule has 2 heterocycles. The molecule has 5 nitrogen and oxygen atoms in total. The Hall–Kier alpha value is -2.14. The van der Waals surface area contributed by atoms with Crippen molar-refractivity contribution >= 4 is 5.91 Å². The van der Waals surface area contributed by atoms with E-state index >= 15 is 0 Å². The lowest BCUT2D eigenvalue weighted by molar-refractivity contribution is -0.119. The average Bonchev–Trinajstić information content (AvgIpc) is 3.07. The molecule has 1 N–H and O–H groups in total. The smallest absolute Gasteiger partial charge is 0.217 e. The van der Waals surface area contributed by atoms with Crippen molar-refractivity contribution in [3.05, 3.63) is 53.6 Å². The second-order valence-corrected chi connectivity index (χ2v) is 6.47. The molecule has 1 aromatic heterocycles. The molecule has 2 aromatic rings. The van der Waals surface area contributed by atoms with E-state index in [0.29, 0.717) is 5.92 Å². The zero-order valence-electron chi connectivity index (χ0n) is 14.0. The van der Waals surface area contributed by atoms with Crippen LogP contribution in [-0.2, 0) is 18.4 Å². The number of carbonyl (C=O) groups excluding carboxylic acids is 1. The minimum absolute atomic E-state index is 0.0333. The highest BCUT2D eigenvalue weighted by Crippen LogP contribution is 2.28. The van der Waals surface area contributed by atoms with Crippen LogP contribution < -0.4 is 5.32 Å². The Labute approximate surface area is 137 Å². The predicted molar refractivity (Wildman–Crippen MR) is 90.0 cm³/mol. The summed E-state index contributed by atoms with van der Waals surface area (Å²) >= 11 is 0. The van der Waals surface area contributed by atoms with E-state index in [0.717, 1.165) is 25.5 Å². The maximum absolute atomic E-state index is 11.6. The molecule has 0 aliphatic carbocycles. The molecule has 0 spiro atoms. The maximum atomic E-state index is 11.6. The Morgan fingerprint density at radius 3 is 2.65 bits per heavy atom. The molecule has 1 aliphatic heterocycles. The zero-order chi connectivity index (χ0) is 16.4. The number of carbonyl (C=O) groups is 1. The van der Waals surface area contributed by atoms with Crippen molar-refractivity contribution in [3.63, 3.8) is 0 Å². The van der Waals surface area contributed by atoms with Crippen LogP contribution in [0.4, 0.5) is 0 Å². The lowest BCUT2D eigenvalue weighted by Crippen LogP contribution is -2.38. The molecule has 0 unspecified atom stereocenters. The highest BCUT2D eigenvalue weighted by molar-refractivity contribution is 5.73. The Kier molecular flexibility index (Phi) is 4.48. The van der Waals surface area contributed by atoms with Gasteiger partial charge in [-0.15, -0.1) is 0 Å². The van der Waals surface area contributed by atoms with E-state index in [9.17, 15) is 4.79 Å². The lowest BCUT2D eigenvalue weighted by atomic mass is 9.93. The summed E-state index contributed by atoms with van der Waals surface area (Å²) in [4.78, 5) is 18.3. The van der Waals surface area contributed by atoms with E-state index in [2.05, 4.69) is 46.4 Å². The number of nitrogens with zero attached hydrogens (tertiary/aromatic N) is 3. The first-order valence-electron chi connectivity index (χ1n) is 8.05. The van der Waals surface area contributed by atoms with E-state index in [-0.39, 0.29) is 11.9 Å². The van der Waals surface area contributed by atoms with E-state index in [4.69, 9.17) is 0 Å². The van der Waals surface area contributed by atoms with Gasteiger partial charge in [0.2, 0.25) is 5.91 Å². The van der Waals surface area contributed by atoms with Crippen molar-refractivity contribution in [2.75, 3.05) is 13.1 Å². The molecule has 1 aromatic carbocycles. The van der Waals surface area contributed by atoms with Crippen molar-refractivity contribution in [1.82, 2.24) is 19.8 Å². The van der Waals surface area contributed by atoms with Crippen molar-refractivity contribution in [1.29, 1.82) is 0 Å². The van der Waals surface area contributed by atoms with Crippen molar-refractivity contribution < 1.29 is 4.79 Å². The molecule has 5 heteroatoms. The van der Waals surface area contributed by atoms with Crippen LogP contribution in [0, 0.1) is 6.92 Å². The van der Waals surface area contributed by atoms with Gasteiger partial charge in [0.15, 0.2) is 0 Å². The Morgan fingerprint density at radius 1 is 1.30 bits per heavy atom. The van der Waals surface area contributed by atoms with Gasteiger partial charge >= 0.3 is 0 Å². The second-order valence-electron chi connectivity index (χ2n) is 6.47. The minimum atomic E-state index is 0.0333. The fraction of sp³-hybridized carbons (Fsp3) is 0.444. The van der Waals surface area contributed by atoms with Crippen LogP contribution in [0.3, 0.4) is 0 Å². The molecule has 1 fully saturated rings. The highest BCUT2D eigenvalue weighted by atomic mass is 16.1. The Bertz CT molecular complexity index is 677. The number of amides is 1. The van der Waals surface area contributed by atoms with Crippen molar-refractivity contribution in [2.45, 2.75) is 32.4 Å². The molecule has 1 amide bonds. The van der Waals surface area contributed by atoms with Crippen LogP contribution in [0.25, 0.3) is 0 Å². The molecule has 0 bridgehead atoms. The summed E-state index contributed by atoms with van der Waals surface area (Å²) < 4.78 is 2.05.